The molecular formula is C24H26N4O5S. The molecular weight excluding hydrogens is 456 g/mol. The van der Waals surface area contributed by atoms with Crippen LogP contribution in [0, 0.1) is 0 Å². The standard InChI is InChI=1S/C24H26N4O5S/c29-24(20-16-25-27(18-20)17-19-5-2-1-3-6-19)26-9-11-28(12-10-26)34(30,31)21-7-8-22-23(15-21)33-14-4-13-32-22/h1-3,5-8,15-16,18H,4,9-14,17H2. The summed E-state index contributed by atoms with van der Waals surface area (Å²) in [5, 5.41) is 4.30. The van der Waals surface area contributed by atoms with Crippen LogP contribution in [0.4, 0.5) is 0 Å². The number of benzene rings is 2. The van der Waals surface area contributed by atoms with Gasteiger partial charge in [-0.15, -0.1) is 0 Å². The van der Waals surface area contributed by atoms with E-state index in [2.05, 4.69) is 5.10 Å². The molecule has 0 atom stereocenters. The van der Waals surface area contributed by atoms with Gasteiger partial charge in [-0.05, 0) is 17.7 Å². The molecule has 0 bridgehead atoms. The van der Waals surface area contributed by atoms with E-state index in [-0.39, 0.29) is 23.9 Å². The average molecular weight is 483 g/mol. The van der Waals surface area contributed by atoms with Gasteiger partial charge in [-0.25, -0.2) is 8.42 Å². The van der Waals surface area contributed by atoms with E-state index in [1.165, 1.54) is 10.4 Å². The quantitative estimate of drug-likeness (QED) is 0.554. The minimum atomic E-state index is -3.71. The molecule has 2 aromatic carbocycles. The second-order valence-corrected chi connectivity index (χ2v) is 10.2. The van der Waals surface area contributed by atoms with Crippen molar-refractivity contribution in [3.8, 4) is 11.5 Å². The van der Waals surface area contributed by atoms with Crippen molar-refractivity contribution in [3.63, 3.8) is 0 Å². The normalized spacial score (nSPS) is 16.8. The van der Waals surface area contributed by atoms with Gasteiger partial charge in [0, 0.05) is 44.9 Å². The zero-order valence-corrected chi connectivity index (χ0v) is 19.5. The second kappa shape index (κ2) is 9.47. The zero-order chi connectivity index (χ0) is 23.5. The van der Waals surface area contributed by atoms with Crippen LogP contribution in [0.25, 0.3) is 0 Å². The van der Waals surface area contributed by atoms with Crippen molar-refractivity contribution in [3.05, 3.63) is 72.1 Å². The third kappa shape index (κ3) is 4.64. The molecule has 2 aliphatic heterocycles. The summed E-state index contributed by atoms with van der Waals surface area (Å²) in [5.41, 5.74) is 1.59. The fourth-order valence-electron chi connectivity index (χ4n) is 4.10. The largest absolute Gasteiger partial charge is 0.490 e. The molecule has 0 unspecified atom stereocenters. The Morgan fingerprint density at radius 2 is 1.68 bits per heavy atom. The van der Waals surface area contributed by atoms with E-state index in [9.17, 15) is 13.2 Å². The van der Waals surface area contributed by atoms with Gasteiger partial charge in [-0.2, -0.15) is 9.40 Å². The van der Waals surface area contributed by atoms with Crippen LogP contribution in [-0.4, -0.2) is 72.7 Å². The number of amides is 1. The molecule has 0 aliphatic carbocycles. The summed E-state index contributed by atoms with van der Waals surface area (Å²) >= 11 is 0. The topological polar surface area (TPSA) is 94.0 Å². The van der Waals surface area contributed by atoms with Gasteiger partial charge in [0.25, 0.3) is 5.91 Å². The first-order chi connectivity index (χ1) is 16.5. The lowest BCUT2D eigenvalue weighted by Crippen LogP contribution is -2.50. The van der Waals surface area contributed by atoms with Gasteiger partial charge in [0.1, 0.15) is 0 Å². The third-order valence-electron chi connectivity index (χ3n) is 5.95. The van der Waals surface area contributed by atoms with Gasteiger partial charge in [0.05, 0.1) is 36.4 Å². The van der Waals surface area contributed by atoms with Crippen LogP contribution < -0.4 is 9.47 Å². The summed E-state index contributed by atoms with van der Waals surface area (Å²) in [4.78, 5) is 14.8. The molecule has 1 aromatic heterocycles. The molecule has 3 aromatic rings. The average Bonchev–Trinajstić information content (AvgIpc) is 3.19. The lowest BCUT2D eigenvalue weighted by atomic mass is 10.2. The summed E-state index contributed by atoms with van der Waals surface area (Å²) in [6, 6.07) is 14.6. The maximum atomic E-state index is 13.2. The Labute approximate surface area is 198 Å². The Hall–Kier alpha value is -3.37. The molecule has 0 N–H and O–H groups in total. The van der Waals surface area contributed by atoms with Crippen LogP contribution >= 0.6 is 0 Å². The number of nitrogens with zero attached hydrogens (tertiary/aromatic N) is 4. The lowest BCUT2D eigenvalue weighted by Gasteiger charge is -2.33. The van der Waals surface area contributed by atoms with Crippen LogP contribution in [0.15, 0.2) is 65.8 Å². The summed E-state index contributed by atoms with van der Waals surface area (Å²) in [6.45, 7) is 2.68. The summed E-state index contributed by atoms with van der Waals surface area (Å²) < 4.78 is 40.8. The van der Waals surface area contributed by atoms with Crippen molar-refractivity contribution in [1.29, 1.82) is 0 Å². The number of carbonyl (C=O) groups is 1. The zero-order valence-electron chi connectivity index (χ0n) is 18.7. The van der Waals surface area contributed by atoms with Crippen molar-refractivity contribution in [2.45, 2.75) is 17.9 Å². The molecule has 34 heavy (non-hydrogen) atoms. The molecule has 2 aliphatic rings. The minimum Gasteiger partial charge on any atom is -0.490 e. The second-order valence-electron chi connectivity index (χ2n) is 8.27. The van der Waals surface area contributed by atoms with Crippen LogP contribution in [0.5, 0.6) is 11.5 Å². The van der Waals surface area contributed by atoms with Crippen molar-refractivity contribution in [1.82, 2.24) is 19.0 Å². The third-order valence-corrected chi connectivity index (χ3v) is 7.84. The number of carbonyl (C=O) groups excluding carboxylic acids is 1. The summed E-state index contributed by atoms with van der Waals surface area (Å²) in [7, 11) is -3.71. The highest BCUT2D eigenvalue weighted by atomic mass is 32.2. The Bertz CT molecular complexity index is 1270. The minimum absolute atomic E-state index is 0.146. The van der Waals surface area contributed by atoms with Crippen molar-refractivity contribution in [2.75, 3.05) is 39.4 Å². The first-order valence-electron chi connectivity index (χ1n) is 11.3. The van der Waals surface area contributed by atoms with Crippen LogP contribution in [0.2, 0.25) is 0 Å². The first-order valence-corrected chi connectivity index (χ1v) is 12.7. The van der Waals surface area contributed by atoms with E-state index in [0.29, 0.717) is 49.9 Å². The summed E-state index contributed by atoms with van der Waals surface area (Å²) in [5.74, 6) is 0.853. The number of ether oxygens (including phenoxy) is 2. The monoisotopic (exact) mass is 482 g/mol. The molecule has 1 amide bonds. The van der Waals surface area contributed by atoms with Gasteiger partial charge in [0.2, 0.25) is 10.0 Å². The lowest BCUT2D eigenvalue weighted by molar-refractivity contribution is 0.0698. The predicted octanol–water partition coefficient (Wildman–Crippen LogP) is 2.24. The summed E-state index contributed by atoms with van der Waals surface area (Å²) in [6.07, 6.45) is 4.04. The van der Waals surface area contributed by atoms with E-state index in [4.69, 9.17) is 9.47 Å². The molecule has 10 heteroatoms. The molecule has 0 spiro atoms. The van der Waals surface area contributed by atoms with Gasteiger partial charge >= 0.3 is 0 Å². The Morgan fingerprint density at radius 1 is 0.941 bits per heavy atom. The number of fused-ring (bicyclic) bond motifs is 1. The van der Waals surface area contributed by atoms with Crippen molar-refractivity contribution >= 4 is 15.9 Å². The fraction of sp³-hybridized carbons (Fsp3) is 0.333. The van der Waals surface area contributed by atoms with E-state index >= 15 is 0 Å². The number of piperazine rings is 1. The maximum absolute atomic E-state index is 13.2. The van der Waals surface area contributed by atoms with Crippen LogP contribution in [-0.2, 0) is 16.6 Å². The number of aromatic nitrogens is 2. The van der Waals surface area contributed by atoms with Crippen LogP contribution in [0.1, 0.15) is 22.3 Å². The van der Waals surface area contributed by atoms with E-state index in [1.54, 1.807) is 34.1 Å². The van der Waals surface area contributed by atoms with Gasteiger partial charge < -0.3 is 14.4 Å². The van der Waals surface area contributed by atoms with E-state index < -0.39 is 10.0 Å². The molecule has 0 radical (unpaired) electrons. The SMILES string of the molecule is O=C(c1cnn(Cc2ccccc2)c1)N1CCN(S(=O)(=O)c2ccc3c(c2)OCCCO3)CC1. The van der Waals surface area contributed by atoms with Gasteiger partial charge in [0.15, 0.2) is 11.5 Å². The Balaban J connectivity index is 1.22. The number of sulfonamides is 1. The Kier molecular flexibility index (Phi) is 6.25. The van der Waals surface area contributed by atoms with Gasteiger partial charge in [-0.3, -0.25) is 9.48 Å². The Morgan fingerprint density at radius 3 is 2.44 bits per heavy atom. The molecule has 3 heterocycles. The molecule has 1 saturated heterocycles. The molecule has 9 nitrogen and oxygen atoms in total. The molecule has 178 valence electrons. The number of hydrogen-bond acceptors (Lipinski definition) is 6. The first kappa shape index (κ1) is 22.4. The molecule has 1 fully saturated rings. The predicted molar refractivity (Wildman–Crippen MR) is 124 cm³/mol. The van der Waals surface area contributed by atoms with Gasteiger partial charge in [-0.1, -0.05) is 30.3 Å². The van der Waals surface area contributed by atoms with Crippen molar-refractivity contribution in [2.24, 2.45) is 0 Å². The smallest absolute Gasteiger partial charge is 0.257 e. The maximum Gasteiger partial charge on any atom is 0.257 e. The number of hydrogen-bond donors (Lipinski definition) is 0. The molecule has 0 saturated carbocycles. The van der Waals surface area contributed by atoms with Crippen LogP contribution in [0.3, 0.4) is 0 Å². The highest BCUT2D eigenvalue weighted by Gasteiger charge is 2.31. The number of rotatable bonds is 5. The van der Waals surface area contributed by atoms with E-state index in [0.717, 1.165) is 12.0 Å². The molecule has 5 rings (SSSR count). The van der Waals surface area contributed by atoms with E-state index in [1.807, 2.05) is 30.3 Å². The highest BCUT2D eigenvalue weighted by Crippen LogP contribution is 2.33. The highest BCUT2D eigenvalue weighted by molar-refractivity contribution is 7.89. The fourth-order valence-corrected chi connectivity index (χ4v) is 5.54. The van der Waals surface area contributed by atoms with Crippen molar-refractivity contribution < 1.29 is 22.7 Å².